The molecule has 0 N–H and O–H groups in total. The van der Waals surface area contributed by atoms with Gasteiger partial charge in [-0.25, -0.2) is 4.98 Å². The van der Waals surface area contributed by atoms with E-state index in [0.29, 0.717) is 5.71 Å². The number of fused-ring (bicyclic) bond motifs is 7. The second-order valence-electron chi connectivity index (χ2n) is 18.3. The minimum absolute atomic E-state index is 0. The molecule has 11 rings (SSSR count). The van der Waals surface area contributed by atoms with E-state index in [0.717, 1.165) is 71.7 Å². The molecule has 5 nitrogen and oxygen atoms in total. The van der Waals surface area contributed by atoms with Crippen molar-refractivity contribution in [2.24, 2.45) is 0 Å². The first-order chi connectivity index (χ1) is 31.0. The van der Waals surface area contributed by atoms with Crippen LogP contribution >= 0.6 is 0 Å². The third-order valence-electron chi connectivity index (χ3n) is 12.3. The molecule has 0 saturated heterocycles. The Morgan fingerprint density at radius 1 is 0.600 bits per heavy atom. The van der Waals surface area contributed by atoms with E-state index in [1.165, 1.54) is 33.5 Å². The summed E-state index contributed by atoms with van der Waals surface area (Å²) < 4.78 is 9.07. The van der Waals surface area contributed by atoms with E-state index in [1.807, 2.05) is 36.5 Å². The van der Waals surface area contributed by atoms with Crippen LogP contribution in [0.5, 0.6) is 0 Å². The summed E-state index contributed by atoms with van der Waals surface area (Å²) >= 11 is 0. The van der Waals surface area contributed by atoms with Crippen LogP contribution in [0.4, 0.5) is 0 Å². The van der Waals surface area contributed by atoms with Crippen LogP contribution in [0.3, 0.4) is 0 Å². The molecule has 4 aromatic heterocycles. The molecule has 0 amide bonds. The Morgan fingerprint density at radius 2 is 1.31 bits per heavy atom. The summed E-state index contributed by atoms with van der Waals surface area (Å²) in [6, 6.07) is 61.7. The Balaban J connectivity index is 0.000000266. The molecule has 4 heterocycles. The molecule has 323 valence electrons. The van der Waals surface area contributed by atoms with Crippen molar-refractivity contribution in [2.45, 2.75) is 65.7 Å². The second-order valence-corrected chi connectivity index (χ2v) is 18.3. The van der Waals surface area contributed by atoms with Crippen LogP contribution in [0, 0.1) is 12.1 Å². The monoisotopic (exact) mass is 1020 g/mol. The Bertz CT molecular complexity index is 3440. The van der Waals surface area contributed by atoms with E-state index in [4.69, 9.17) is 14.4 Å². The van der Waals surface area contributed by atoms with Gasteiger partial charge in [-0.05, 0) is 86.5 Å². The number of hydrogen-bond donors (Lipinski definition) is 0. The van der Waals surface area contributed by atoms with Crippen molar-refractivity contribution in [3.8, 4) is 39.5 Å². The third kappa shape index (κ3) is 8.18. The SMILES string of the molecule is CC(C)(C)c1ccc(-c2[c-]cccc2)nc1.CC(C)c1cc(-c2ccccc2)cc(C(C)C)c1-n1c(-c2[c-]ccc3c2oc2nc4c(ccc5ccccc54)cc23)nc2ccccc21.[Ir]. The first-order valence-electron chi connectivity index (χ1n) is 22.2. The molecule has 0 aliphatic heterocycles. The topological polar surface area (TPSA) is 56.7 Å². The summed E-state index contributed by atoms with van der Waals surface area (Å²) in [5.74, 6) is 1.35. The van der Waals surface area contributed by atoms with E-state index in [-0.39, 0.29) is 37.4 Å². The van der Waals surface area contributed by atoms with Crippen LogP contribution in [-0.2, 0) is 25.5 Å². The maximum Gasteiger partial charge on any atom is 0.216 e. The minimum Gasteiger partial charge on any atom is -0.486 e. The Kier molecular flexibility index (Phi) is 11.8. The number of nitrogens with zero attached hydrogens (tertiary/aromatic N) is 4. The molecule has 0 aliphatic rings. The second kappa shape index (κ2) is 17.7. The normalized spacial score (nSPS) is 11.8. The van der Waals surface area contributed by atoms with E-state index < -0.39 is 0 Å². The van der Waals surface area contributed by atoms with E-state index in [1.54, 1.807) is 0 Å². The van der Waals surface area contributed by atoms with Gasteiger partial charge < -0.3 is 14.0 Å². The largest absolute Gasteiger partial charge is 0.486 e. The zero-order chi connectivity index (χ0) is 44.1. The summed E-state index contributed by atoms with van der Waals surface area (Å²) in [5.41, 5.74) is 14.8. The van der Waals surface area contributed by atoms with Crippen LogP contribution in [-0.4, -0.2) is 19.5 Å². The Morgan fingerprint density at radius 3 is 2.02 bits per heavy atom. The van der Waals surface area contributed by atoms with E-state index >= 15 is 0 Å². The van der Waals surface area contributed by atoms with Crippen molar-refractivity contribution in [2.75, 3.05) is 0 Å². The first kappa shape index (κ1) is 43.5. The van der Waals surface area contributed by atoms with Crippen molar-refractivity contribution < 1.29 is 24.5 Å². The maximum atomic E-state index is 6.72. The van der Waals surface area contributed by atoms with Gasteiger partial charge in [0, 0.05) is 48.1 Å². The number of aromatic nitrogens is 4. The van der Waals surface area contributed by atoms with Crippen molar-refractivity contribution in [3.05, 3.63) is 193 Å². The molecule has 7 aromatic carbocycles. The molecule has 65 heavy (non-hydrogen) atoms. The van der Waals surface area contributed by atoms with Crippen LogP contribution < -0.4 is 0 Å². The number of benzene rings is 7. The number of furan rings is 1. The van der Waals surface area contributed by atoms with Gasteiger partial charge >= 0.3 is 0 Å². The summed E-state index contributed by atoms with van der Waals surface area (Å²) in [4.78, 5) is 14.9. The zero-order valence-corrected chi connectivity index (χ0v) is 40.2. The maximum absolute atomic E-state index is 6.72. The molecule has 0 aliphatic carbocycles. The van der Waals surface area contributed by atoms with Crippen LogP contribution in [0.2, 0.25) is 0 Å². The van der Waals surface area contributed by atoms with Crippen LogP contribution in [0.15, 0.2) is 168 Å². The molecular weight excluding hydrogens is 973 g/mol. The predicted octanol–water partition coefficient (Wildman–Crippen LogP) is 15.9. The summed E-state index contributed by atoms with van der Waals surface area (Å²) in [7, 11) is 0. The van der Waals surface area contributed by atoms with E-state index in [2.05, 4.69) is 198 Å². The van der Waals surface area contributed by atoms with Crippen molar-refractivity contribution >= 4 is 54.8 Å². The average Bonchev–Trinajstić information content (AvgIpc) is 3.89. The van der Waals surface area contributed by atoms with Crippen molar-refractivity contribution in [3.63, 3.8) is 0 Å². The van der Waals surface area contributed by atoms with Gasteiger partial charge in [0.15, 0.2) is 0 Å². The van der Waals surface area contributed by atoms with Gasteiger partial charge in [-0.3, -0.25) is 4.98 Å². The molecule has 11 aromatic rings. The molecule has 0 bridgehead atoms. The first-order valence-corrected chi connectivity index (χ1v) is 22.2. The van der Waals surface area contributed by atoms with Crippen molar-refractivity contribution in [1.29, 1.82) is 0 Å². The smallest absolute Gasteiger partial charge is 0.216 e. The Hall–Kier alpha value is -6.72. The van der Waals surface area contributed by atoms with Gasteiger partial charge in [0.25, 0.3) is 0 Å². The molecule has 0 atom stereocenters. The molecule has 0 saturated carbocycles. The molecule has 0 fully saturated rings. The fraction of sp³-hybridized carbons (Fsp3) is 0.169. The number of pyridine rings is 2. The number of para-hydroxylation sites is 2. The zero-order valence-electron chi connectivity index (χ0n) is 37.8. The predicted molar refractivity (Wildman–Crippen MR) is 266 cm³/mol. The number of imidazole rings is 1. The number of rotatable bonds is 6. The summed E-state index contributed by atoms with van der Waals surface area (Å²) in [6.45, 7) is 15.7. The summed E-state index contributed by atoms with van der Waals surface area (Å²) in [5, 5.41) is 5.37. The van der Waals surface area contributed by atoms with Gasteiger partial charge in [0.05, 0.1) is 28.0 Å². The average molecular weight is 1020 g/mol. The molecule has 6 heteroatoms. The van der Waals surface area contributed by atoms with Gasteiger partial charge in [-0.2, -0.15) is 0 Å². The standard InChI is InChI=1S/C44H34N3O.C15H16N.Ir/c1-26(2)35-24-31(28-13-6-5-7-14-28)25-36(27(3)4)41(35)47-39-20-11-10-19-38(39)45-43(47)34-18-12-17-33-37-23-30-22-21-29-15-8-9-16-32(29)40(30)46-44(37)48-42(33)34;1-15(2,3)13-9-10-14(16-11-13)12-7-5-4-6-8-12;/h5-17,19-27H,1-4H3;4-7,9-11H,1-3H3;/q2*-1;. The fourth-order valence-electron chi connectivity index (χ4n) is 8.81. The van der Waals surface area contributed by atoms with E-state index in [9.17, 15) is 0 Å². The third-order valence-corrected chi connectivity index (χ3v) is 12.3. The molecule has 0 unspecified atom stereocenters. The fourth-order valence-corrected chi connectivity index (χ4v) is 8.81. The van der Waals surface area contributed by atoms with Gasteiger partial charge in [0.2, 0.25) is 5.71 Å². The van der Waals surface area contributed by atoms with Crippen LogP contribution in [0.1, 0.15) is 77.0 Å². The van der Waals surface area contributed by atoms with Gasteiger partial charge in [0.1, 0.15) is 0 Å². The van der Waals surface area contributed by atoms with Crippen LogP contribution in [0.25, 0.3) is 94.2 Å². The minimum atomic E-state index is 0. The van der Waals surface area contributed by atoms with Gasteiger partial charge in [-0.1, -0.05) is 150 Å². The summed E-state index contributed by atoms with van der Waals surface area (Å²) in [6.07, 6.45) is 1.95. The van der Waals surface area contributed by atoms with Crippen molar-refractivity contribution in [1.82, 2.24) is 19.5 Å². The Labute approximate surface area is 394 Å². The quantitative estimate of drug-likeness (QED) is 0.123. The molecular formula is C59H50IrN4O-2. The number of hydrogen-bond acceptors (Lipinski definition) is 4. The van der Waals surface area contributed by atoms with Gasteiger partial charge in [-0.15, -0.1) is 54.1 Å². The molecule has 1 radical (unpaired) electrons. The molecule has 0 spiro atoms.